The lowest BCUT2D eigenvalue weighted by molar-refractivity contribution is -0.302. The molecule has 9 heteroatoms. The van der Waals surface area contributed by atoms with Crippen LogP contribution in [0.3, 0.4) is 0 Å². The van der Waals surface area contributed by atoms with Gasteiger partial charge in [0.1, 0.15) is 24.4 Å². The first-order valence-electron chi connectivity index (χ1n) is 36.6. The Morgan fingerprint density at radius 2 is 0.695 bits per heavy atom. The van der Waals surface area contributed by atoms with Gasteiger partial charge in [0, 0.05) is 6.42 Å². The van der Waals surface area contributed by atoms with Crippen molar-refractivity contribution >= 4 is 5.91 Å². The molecule has 7 atom stereocenters. The molecule has 9 nitrogen and oxygen atoms in total. The number of hydrogen-bond acceptors (Lipinski definition) is 8. The Kier molecular flexibility index (Phi) is 60.2. The number of amides is 1. The molecule has 7 unspecified atom stereocenters. The molecule has 1 fully saturated rings. The van der Waals surface area contributed by atoms with E-state index in [9.17, 15) is 30.3 Å². The summed E-state index contributed by atoms with van der Waals surface area (Å²) in [4.78, 5) is 13.1. The average Bonchev–Trinajstić information content (AvgIpc) is 3.57. The first kappa shape index (κ1) is 78.7. The Bertz CT molecular complexity index is 1340. The summed E-state index contributed by atoms with van der Waals surface area (Å²) in [6.07, 6.45) is 76.0. The number of rotatable bonds is 65. The predicted octanol–water partition coefficient (Wildman–Crippen LogP) is 20.0. The van der Waals surface area contributed by atoms with Crippen LogP contribution < -0.4 is 5.32 Å². The molecule has 82 heavy (non-hydrogen) atoms. The number of aliphatic hydroxyl groups excluding tert-OH is 5. The minimum Gasteiger partial charge on any atom is -0.394 e. The number of hydrogen-bond donors (Lipinski definition) is 6. The third-order valence-corrected chi connectivity index (χ3v) is 17.8. The summed E-state index contributed by atoms with van der Waals surface area (Å²) in [7, 11) is 0. The molecule has 6 N–H and O–H groups in total. The minimum absolute atomic E-state index is 0.177. The van der Waals surface area contributed by atoms with E-state index in [1.807, 2.05) is 6.08 Å². The molecule has 1 heterocycles. The SMILES string of the molecule is CCCCCCCCCCCCCCCCCCCC/C=C/CC/C=C/C(O)C(COC1OC(CO)C(O)C(O)C1O)NC(=O)CCCCCCCCCCCCCCCCCCCCCCCCCCCCCCCCCCCCC. The zero-order valence-corrected chi connectivity index (χ0v) is 54.5. The van der Waals surface area contributed by atoms with Crippen molar-refractivity contribution in [3.8, 4) is 0 Å². The molecule has 0 spiro atoms. The standard InChI is InChI=1S/C73H141NO8/c1-3-5-7-9-11-13-15-17-19-21-23-25-27-29-30-31-32-33-34-35-36-37-38-39-41-43-45-47-49-51-53-55-57-59-61-63-69(77)74-66(65-81-73-72(80)71(79)70(78)68(64-75)82-73)67(76)62-60-58-56-54-52-50-48-46-44-42-40-28-26-24-22-20-18-16-14-12-10-8-6-4-2/h52,54,60,62,66-68,70-73,75-76,78-80H,3-51,53,55-59,61,63-65H2,1-2H3,(H,74,77)/b54-52+,62-60+. The van der Waals surface area contributed by atoms with Crippen LogP contribution in [-0.2, 0) is 14.3 Å². The van der Waals surface area contributed by atoms with Gasteiger partial charge in [-0.3, -0.25) is 4.79 Å². The lowest BCUT2D eigenvalue weighted by atomic mass is 9.99. The predicted molar refractivity (Wildman–Crippen MR) is 350 cm³/mol. The molecule has 1 rings (SSSR count). The summed E-state index contributed by atoms with van der Waals surface area (Å²) >= 11 is 0. The Labute approximate surface area is 509 Å². The fourth-order valence-electron chi connectivity index (χ4n) is 12.1. The van der Waals surface area contributed by atoms with Crippen LogP contribution in [0.15, 0.2) is 24.3 Å². The number of nitrogens with one attached hydrogen (secondary N) is 1. The fourth-order valence-corrected chi connectivity index (χ4v) is 12.1. The molecular formula is C73H141NO8. The maximum absolute atomic E-state index is 13.1. The van der Waals surface area contributed by atoms with Gasteiger partial charge in [0.05, 0.1) is 25.4 Å². The molecule has 0 saturated carbocycles. The molecular weight excluding hydrogens is 1020 g/mol. The summed E-state index contributed by atoms with van der Waals surface area (Å²) in [5.74, 6) is -0.177. The molecule has 486 valence electrons. The molecule has 1 amide bonds. The molecule has 0 aromatic carbocycles. The Hall–Kier alpha value is -1.33. The smallest absolute Gasteiger partial charge is 0.220 e. The molecule has 1 aliphatic heterocycles. The van der Waals surface area contributed by atoms with E-state index < -0.39 is 49.5 Å². The molecule has 1 aliphatic rings. The van der Waals surface area contributed by atoms with Gasteiger partial charge in [-0.1, -0.05) is 366 Å². The zero-order valence-electron chi connectivity index (χ0n) is 54.5. The molecule has 0 radical (unpaired) electrons. The number of carbonyl (C=O) groups is 1. The van der Waals surface area contributed by atoms with Gasteiger partial charge in [-0.25, -0.2) is 0 Å². The lowest BCUT2D eigenvalue weighted by Crippen LogP contribution is -2.60. The largest absolute Gasteiger partial charge is 0.394 e. The maximum atomic E-state index is 13.1. The Morgan fingerprint density at radius 3 is 1.02 bits per heavy atom. The van der Waals surface area contributed by atoms with Gasteiger partial charge < -0.3 is 40.3 Å². The van der Waals surface area contributed by atoms with Crippen LogP contribution in [0.4, 0.5) is 0 Å². The van der Waals surface area contributed by atoms with E-state index in [-0.39, 0.29) is 12.5 Å². The van der Waals surface area contributed by atoms with E-state index in [2.05, 4.69) is 31.3 Å². The highest BCUT2D eigenvalue weighted by molar-refractivity contribution is 5.76. The maximum Gasteiger partial charge on any atom is 0.220 e. The average molecular weight is 1160 g/mol. The highest BCUT2D eigenvalue weighted by Gasteiger charge is 2.44. The van der Waals surface area contributed by atoms with Crippen LogP contribution in [0.5, 0.6) is 0 Å². The summed E-state index contributed by atoms with van der Waals surface area (Å²) in [6, 6.07) is -0.820. The van der Waals surface area contributed by atoms with Crippen molar-refractivity contribution in [2.45, 2.75) is 423 Å². The van der Waals surface area contributed by atoms with Crippen LogP contribution in [0.25, 0.3) is 0 Å². The topological polar surface area (TPSA) is 149 Å². The number of unbranched alkanes of at least 4 members (excludes halogenated alkanes) is 53. The molecule has 0 aromatic rings. The van der Waals surface area contributed by atoms with Crippen molar-refractivity contribution in [1.82, 2.24) is 5.32 Å². The Balaban J connectivity index is 2.09. The second-order valence-corrected chi connectivity index (χ2v) is 25.7. The molecule has 0 aromatic heterocycles. The van der Waals surface area contributed by atoms with Crippen LogP contribution >= 0.6 is 0 Å². The quantitative estimate of drug-likeness (QED) is 0.0261. The van der Waals surface area contributed by atoms with Gasteiger partial charge in [0.2, 0.25) is 5.91 Å². The fraction of sp³-hybridized carbons (Fsp3) is 0.932. The van der Waals surface area contributed by atoms with Crippen molar-refractivity contribution in [3.05, 3.63) is 24.3 Å². The van der Waals surface area contributed by atoms with Crippen LogP contribution in [-0.4, -0.2) is 87.5 Å². The van der Waals surface area contributed by atoms with E-state index in [1.54, 1.807) is 6.08 Å². The highest BCUT2D eigenvalue weighted by Crippen LogP contribution is 2.24. The minimum atomic E-state index is -1.57. The van der Waals surface area contributed by atoms with Crippen molar-refractivity contribution < 1.29 is 39.8 Å². The zero-order chi connectivity index (χ0) is 59.3. The van der Waals surface area contributed by atoms with Crippen LogP contribution in [0, 0.1) is 0 Å². The number of aliphatic hydroxyl groups is 5. The second kappa shape index (κ2) is 62.7. The van der Waals surface area contributed by atoms with E-state index in [4.69, 9.17) is 9.47 Å². The van der Waals surface area contributed by atoms with Crippen molar-refractivity contribution in [2.75, 3.05) is 13.2 Å². The summed E-state index contributed by atoms with van der Waals surface area (Å²) in [6.45, 7) is 3.83. The summed E-state index contributed by atoms with van der Waals surface area (Å²) in [5, 5.41) is 54.7. The first-order chi connectivity index (χ1) is 40.3. The number of allylic oxidation sites excluding steroid dienone is 3. The lowest BCUT2D eigenvalue weighted by Gasteiger charge is -2.40. The van der Waals surface area contributed by atoms with Gasteiger partial charge in [-0.05, 0) is 32.1 Å². The van der Waals surface area contributed by atoms with E-state index in [1.165, 1.54) is 321 Å². The van der Waals surface area contributed by atoms with Crippen molar-refractivity contribution in [2.24, 2.45) is 0 Å². The number of ether oxygens (including phenoxy) is 2. The first-order valence-corrected chi connectivity index (χ1v) is 36.6. The van der Waals surface area contributed by atoms with Gasteiger partial charge in [-0.15, -0.1) is 0 Å². The van der Waals surface area contributed by atoms with Crippen molar-refractivity contribution in [1.29, 1.82) is 0 Å². The van der Waals surface area contributed by atoms with E-state index in [0.29, 0.717) is 6.42 Å². The van der Waals surface area contributed by atoms with E-state index in [0.717, 1.165) is 38.5 Å². The van der Waals surface area contributed by atoms with E-state index >= 15 is 0 Å². The molecule has 1 saturated heterocycles. The molecule has 0 bridgehead atoms. The third kappa shape index (κ3) is 50.8. The second-order valence-electron chi connectivity index (χ2n) is 25.7. The van der Waals surface area contributed by atoms with Crippen LogP contribution in [0.1, 0.15) is 380 Å². The van der Waals surface area contributed by atoms with Gasteiger partial charge in [-0.2, -0.15) is 0 Å². The Morgan fingerprint density at radius 1 is 0.402 bits per heavy atom. The highest BCUT2D eigenvalue weighted by atomic mass is 16.7. The summed E-state index contributed by atoms with van der Waals surface area (Å²) < 4.78 is 11.3. The monoisotopic (exact) mass is 1160 g/mol. The van der Waals surface area contributed by atoms with Crippen LogP contribution in [0.2, 0.25) is 0 Å². The third-order valence-electron chi connectivity index (χ3n) is 17.8. The summed E-state index contributed by atoms with van der Waals surface area (Å²) in [5.41, 5.74) is 0. The van der Waals surface area contributed by atoms with Crippen molar-refractivity contribution in [3.63, 3.8) is 0 Å². The molecule has 0 aliphatic carbocycles. The van der Waals surface area contributed by atoms with Gasteiger partial charge in [0.15, 0.2) is 6.29 Å². The van der Waals surface area contributed by atoms with Gasteiger partial charge in [0.25, 0.3) is 0 Å². The van der Waals surface area contributed by atoms with Gasteiger partial charge >= 0.3 is 0 Å². The normalized spacial score (nSPS) is 18.4. The number of carbonyl (C=O) groups excluding carboxylic acids is 1.